The Morgan fingerprint density at radius 2 is 1.96 bits per heavy atom. The molecule has 0 unspecified atom stereocenters. The second-order valence-corrected chi connectivity index (χ2v) is 8.12. The van der Waals surface area contributed by atoms with E-state index < -0.39 is 5.91 Å². The number of carbonyl (C=O) groups excluding carboxylic acids is 1. The van der Waals surface area contributed by atoms with Gasteiger partial charge in [-0.05, 0) is 42.3 Å². The number of thiophene rings is 1. The van der Waals surface area contributed by atoms with Crippen molar-refractivity contribution in [3.05, 3.63) is 80.3 Å². The molecule has 4 nitrogen and oxygen atoms in total. The Kier molecular flexibility index (Phi) is 6.65. The minimum atomic E-state index is -0.455. The number of amides is 1. The summed E-state index contributed by atoms with van der Waals surface area (Å²) in [7, 11) is 0. The predicted octanol–water partition coefficient (Wildman–Crippen LogP) is 5.10. The molecule has 0 bridgehead atoms. The number of unbranched alkanes of at least 4 members (excludes halogenated alkanes) is 1. The van der Waals surface area contributed by atoms with Crippen LogP contribution in [-0.4, -0.2) is 10.5 Å². The normalized spacial score (nSPS) is 10.8. The van der Waals surface area contributed by atoms with E-state index in [1.54, 1.807) is 35.0 Å². The van der Waals surface area contributed by atoms with Crippen LogP contribution in [0.3, 0.4) is 0 Å². The first-order valence-electron chi connectivity index (χ1n) is 9.00. The van der Waals surface area contributed by atoms with Gasteiger partial charge in [0.15, 0.2) is 0 Å². The van der Waals surface area contributed by atoms with E-state index in [4.69, 9.17) is 11.6 Å². The van der Waals surface area contributed by atoms with E-state index in [0.717, 1.165) is 28.8 Å². The van der Waals surface area contributed by atoms with Gasteiger partial charge in [0, 0.05) is 29.7 Å². The number of aryl methyl sites for hydroxylation is 1. The third-order valence-electron chi connectivity index (χ3n) is 4.31. The third kappa shape index (κ3) is 4.88. The average molecular weight is 419 g/mol. The van der Waals surface area contributed by atoms with Gasteiger partial charge in [-0.1, -0.05) is 37.1 Å². The Labute approximate surface area is 171 Å². The monoisotopic (exact) mass is 418 g/mol. The van der Waals surface area contributed by atoms with Crippen LogP contribution in [0.15, 0.2) is 53.5 Å². The third-order valence-corrected chi connectivity index (χ3v) is 5.59. The number of nitrogens with zero attached hydrogens (tertiary/aromatic N) is 1. The van der Waals surface area contributed by atoms with Crippen molar-refractivity contribution in [1.82, 2.24) is 9.88 Å². The minimum Gasteiger partial charge on any atom is -0.348 e. The molecule has 0 aliphatic carbocycles. The first kappa shape index (κ1) is 20.3. The second kappa shape index (κ2) is 9.17. The minimum absolute atomic E-state index is 0.0836. The number of aromatic nitrogens is 1. The molecule has 3 aromatic rings. The van der Waals surface area contributed by atoms with Crippen molar-refractivity contribution in [2.45, 2.75) is 32.9 Å². The zero-order valence-electron chi connectivity index (χ0n) is 15.4. The Hall–Kier alpha value is -2.44. The van der Waals surface area contributed by atoms with Crippen molar-refractivity contribution in [3.63, 3.8) is 0 Å². The zero-order valence-corrected chi connectivity index (χ0v) is 16.9. The van der Waals surface area contributed by atoms with Gasteiger partial charge >= 0.3 is 0 Å². The van der Waals surface area contributed by atoms with Crippen molar-refractivity contribution in [2.75, 3.05) is 0 Å². The highest BCUT2D eigenvalue weighted by Crippen LogP contribution is 2.30. The maximum Gasteiger partial charge on any atom is 0.263 e. The second-order valence-electron chi connectivity index (χ2n) is 6.41. The molecule has 0 saturated carbocycles. The number of benzene rings is 1. The lowest BCUT2D eigenvalue weighted by Gasteiger charge is -2.11. The van der Waals surface area contributed by atoms with Gasteiger partial charge < -0.3 is 9.88 Å². The fourth-order valence-electron chi connectivity index (χ4n) is 2.78. The highest BCUT2D eigenvalue weighted by molar-refractivity contribution is 7.19. The van der Waals surface area contributed by atoms with Gasteiger partial charge in [-0.25, -0.2) is 4.39 Å². The van der Waals surface area contributed by atoms with Crippen molar-refractivity contribution in [3.8, 4) is 10.4 Å². The molecular weight excluding hydrogens is 399 g/mol. The summed E-state index contributed by atoms with van der Waals surface area (Å²) >= 11 is 7.43. The van der Waals surface area contributed by atoms with Gasteiger partial charge in [0.2, 0.25) is 0 Å². The van der Waals surface area contributed by atoms with Crippen LogP contribution in [-0.2, 0) is 13.1 Å². The summed E-state index contributed by atoms with van der Waals surface area (Å²) in [5.74, 6) is -0.791. The number of rotatable bonds is 7. The van der Waals surface area contributed by atoms with Crippen molar-refractivity contribution >= 4 is 28.8 Å². The van der Waals surface area contributed by atoms with Crippen molar-refractivity contribution in [1.29, 1.82) is 0 Å². The van der Waals surface area contributed by atoms with Crippen LogP contribution in [0, 0.1) is 5.82 Å². The molecule has 2 aromatic heterocycles. The number of hydrogen-bond acceptors (Lipinski definition) is 3. The molecule has 0 spiro atoms. The van der Waals surface area contributed by atoms with Crippen LogP contribution >= 0.6 is 22.9 Å². The summed E-state index contributed by atoms with van der Waals surface area (Å²) in [6.45, 7) is 2.80. The maximum atomic E-state index is 13.0. The molecule has 146 valence electrons. The molecule has 3 rings (SSSR count). The molecule has 0 fully saturated rings. The number of hydrogen-bond donors (Lipinski definition) is 1. The van der Waals surface area contributed by atoms with E-state index in [1.807, 2.05) is 13.0 Å². The van der Waals surface area contributed by atoms with Gasteiger partial charge in [0.25, 0.3) is 11.5 Å². The van der Waals surface area contributed by atoms with Crippen LogP contribution in [0.2, 0.25) is 4.34 Å². The molecule has 0 aliphatic rings. The Morgan fingerprint density at radius 1 is 1.21 bits per heavy atom. The van der Waals surface area contributed by atoms with Crippen LogP contribution in [0.1, 0.15) is 35.7 Å². The molecule has 7 heteroatoms. The van der Waals surface area contributed by atoms with Gasteiger partial charge in [-0.3, -0.25) is 9.59 Å². The first-order chi connectivity index (χ1) is 13.5. The summed E-state index contributed by atoms with van der Waals surface area (Å²) in [5.41, 5.74) is 1.29. The number of halogens is 2. The van der Waals surface area contributed by atoms with E-state index in [0.29, 0.717) is 10.9 Å². The van der Waals surface area contributed by atoms with Crippen LogP contribution < -0.4 is 10.9 Å². The van der Waals surface area contributed by atoms with Crippen molar-refractivity contribution in [2.24, 2.45) is 0 Å². The lowest BCUT2D eigenvalue weighted by Crippen LogP contribution is -2.33. The number of nitrogens with one attached hydrogen (secondary N) is 1. The van der Waals surface area contributed by atoms with E-state index in [1.165, 1.54) is 23.5 Å². The SMILES string of the molecule is CCCCn1cc(-c2ccc(Cl)s2)cc(C(=O)NCc2ccc(F)cc2)c1=O. The smallest absolute Gasteiger partial charge is 0.263 e. The van der Waals surface area contributed by atoms with Gasteiger partial charge in [-0.15, -0.1) is 11.3 Å². The van der Waals surface area contributed by atoms with E-state index in [2.05, 4.69) is 5.32 Å². The van der Waals surface area contributed by atoms with Gasteiger partial charge in [0.1, 0.15) is 11.4 Å². The molecule has 0 aliphatic heterocycles. The van der Waals surface area contributed by atoms with Gasteiger partial charge in [0.05, 0.1) is 4.34 Å². The summed E-state index contributed by atoms with van der Waals surface area (Å²) in [6, 6.07) is 11.1. The molecule has 1 N–H and O–H groups in total. The predicted molar refractivity (Wildman–Crippen MR) is 112 cm³/mol. The van der Waals surface area contributed by atoms with Crippen molar-refractivity contribution < 1.29 is 9.18 Å². The maximum absolute atomic E-state index is 13.0. The number of carbonyl (C=O) groups is 1. The van der Waals surface area contributed by atoms with Crippen LogP contribution in [0.4, 0.5) is 4.39 Å². The molecule has 0 saturated heterocycles. The Morgan fingerprint density at radius 3 is 2.61 bits per heavy atom. The largest absolute Gasteiger partial charge is 0.348 e. The quantitative estimate of drug-likeness (QED) is 0.580. The lowest BCUT2D eigenvalue weighted by atomic mass is 10.1. The van der Waals surface area contributed by atoms with Crippen LogP contribution in [0.25, 0.3) is 10.4 Å². The molecule has 0 radical (unpaired) electrons. The standard InChI is InChI=1S/C21H20ClFN2O2S/c1-2-3-10-25-13-15(18-8-9-19(22)28-18)11-17(21(25)27)20(26)24-12-14-4-6-16(23)7-5-14/h4-9,11,13H,2-3,10,12H2,1H3,(H,24,26). The van der Waals surface area contributed by atoms with Gasteiger partial charge in [-0.2, -0.15) is 0 Å². The molecule has 2 heterocycles. The molecular formula is C21H20ClFN2O2S. The topological polar surface area (TPSA) is 51.1 Å². The van der Waals surface area contributed by atoms with E-state index in [-0.39, 0.29) is 23.5 Å². The fourth-order valence-corrected chi connectivity index (χ4v) is 3.80. The molecule has 1 aromatic carbocycles. The summed E-state index contributed by atoms with van der Waals surface area (Å²) < 4.78 is 15.2. The average Bonchev–Trinajstić information content (AvgIpc) is 3.13. The fraction of sp³-hybridized carbons (Fsp3) is 0.238. The molecule has 0 atom stereocenters. The molecule has 28 heavy (non-hydrogen) atoms. The molecule has 1 amide bonds. The van der Waals surface area contributed by atoms with E-state index >= 15 is 0 Å². The highest BCUT2D eigenvalue weighted by atomic mass is 35.5. The summed E-state index contributed by atoms with van der Waals surface area (Å²) in [5, 5.41) is 2.75. The summed E-state index contributed by atoms with van der Waals surface area (Å²) in [4.78, 5) is 26.4. The Balaban J connectivity index is 1.89. The lowest BCUT2D eigenvalue weighted by molar-refractivity contribution is 0.0949. The van der Waals surface area contributed by atoms with E-state index in [9.17, 15) is 14.0 Å². The highest BCUT2D eigenvalue weighted by Gasteiger charge is 2.16. The summed E-state index contributed by atoms with van der Waals surface area (Å²) in [6.07, 6.45) is 3.55. The zero-order chi connectivity index (χ0) is 20.1. The first-order valence-corrected chi connectivity index (χ1v) is 10.2. The number of pyridine rings is 1. The Bertz CT molecular complexity index is 1030. The van der Waals surface area contributed by atoms with Crippen LogP contribution in [0.5, 0.6) is 0 Å².